The molecule has 0 aliphatic carbocycles. The molecule has 0 aromatic heterocycles. The molecule has 2 aromatic carbocycles. The van der Waals surface area contributed by atoms with Gasteiger partial charge in [0.15, 0.2) is 0 Å². The normalized spacial score (nSPS) is 11.8. The maximum Gasteiger partial charge on any atom is 0.269 e. The second-order valence-corrected chi connectivity index (χ2v) is 5.30. The molecule has 1 unspecified atom stereocenters. The summed E-state index contributed by atoms with van der Waals surface area (Å²) in [5.74, 6) is -0.610. The van der Waals surface area contributed by atoms with E-state index in [-0.39, 0.29) is 30.4 Å². The Morgan fingerprint density at radius 1 is 1.25 bits per heavy atom. The molecule has 0 saturated carbocycles. The van der Waals surface area contributed by atoms with Crippen LogP contribution in [0.3, 0.4) is 0 Å². The van der Waals surface area contributed by atoms with Gasteiger partial charge in [-0.15, -0.1) is 0 Å². The molecule has 0 aliphatic rings. The number of non-ortho nitro benzene ring substituents is 1. The van der Waals surface area contributed by atoms with Gasteiger partial charge in [-0.1, -0.05) is 12.1 Å². The molecule has 2 rings (SSSR count). The molecular formula is C17H17FN2O4. The van der Waals surface area contributed by atoms with E-state index >= 15 is 0 Å². The van der Waals surface area contributed by atoms with Crippen LogP contribution in [0.25, 0.3) is 0 Å². The molecule has 6 nitrogen and oxygen atoms in total. The van der Waals surface area contributed by atoms with Gasteiger partial charge < -0.3 is 10.4 Å². The largest absolute Gasteiger partial charge is 0.387 e. The van der Waals surface area contributed by atoms with E-state index in [4.69, 9.17) is 0 Å². The van der Waals surface area contributed by atoms with Gasteiger partial charge in [0.2, 0.25) is 5.91 Å². The highest BCUT2D eigenvalue weighted by molar-refractivity contribution is 5.76. The third-order valence-corrected chi connectivity index (χ3v) is 3.51. The summed E-state index contributed by atoms with van der Waals surface area (Å²) in [5, 5.41) is 23.1. The first kappa shape index (κ1) is 17.6. The predicted molar refractivity (Wildman–Crippen MR) is 85.8 cm³/mol. The number of halogens is 1. The second kappa shape index (κ2) is 8.16. The number of carbonyl (C=O) groups excluding carboxylic acids is 1. The van der Waals surface area contributed by atoms with Gasteiger partial charge in [-0.3, -0.25) is 14.9 Å². The molecule has 1 amide bonds. The molecule has 24 heavy (non-hydrogen) atoms. The van der Waals surface area contributed by atoms with E-state index in [0.29, 0.717) is 12.0 Å². The summed E-state index contributed by atoms with van der Waals surface area (Å²) in [7, 11) is 0. The van der Waals surface area contributed by atoms with Crippen LogP contribution in [0.5, 0.6) is 0 Å². The van der Waals surface area contributed by atoms with Gasteiger partial charge in [0.05, 0.1) is 11.0 Å². The van der Waals surface area contributed by atoms with Gasteiger partial charge in [0.1, 0.15) is 5.82 Å². The van der Waals surface area contributed by atoms with Crippen LogP contribution >= 0.6 is 0 Å². The molecule has 2 N–H and O–H groups in total. The van der Waals surface area contributed by atoms with Gasteiger partial charge in [0.25, 0.3) is 5.69 Å². The zero-order valence-corrected chi connectivity index (χ0v) is 12.8. The highest BCUT2D eigenvalue weighted by atomic mass is 19.1. The minimum absolute atomic E-state index is 0.000203. The number of nitrogens with zero attached hydrogens (tertiary/aromatic N) is 1. The number of aliphatic hydroxyl groups is 1. The lowest BCUT2D eigenvalue weighted by Crippen LogP contribution is -2.28. The number of hydrogen-bond acceptors (Lipinski definition) is 4. The van der Waals surface area contributed by atoms with Crippen molar-refractivity contribution in [3.63, 3.8) is 0 Å². The molecule has 1 atom stereocenters. The van der Waals surface area contributed by atoms with Crippen LogP contribution < -0.4 is 5.32 Å². The number of rotatable bonds is 7. The van der Waals surface area contributed by atoms with Crippen molar-refractivity contribution in [3.05, 3.63) is 75.6 Å². The molecule has 2 aromatic rings. The number of aryl methyl sites for hydroxylation is 1. The molecule has 0 heterocycles. The maximum absolute atomic E-state index is 13.0. The van der Waals surface area contributed by atoms with Crippen molar-refractivity contribution in [1.29, 1.82) is 0 Å². The molecule has 7 heteroatoms. The van der Waals surface area contributed by atoms with Gasteiger partial charge in [0, 0.05) is 25.1 Å². The lowest BCUT2D eigenvalue weighted by molar-refractivity contribution is -0.384. The third kappa shape index (κ3) is 5.13. The molecule has 126 valence electrons. The van der Waals surface area contributed by atoms with Crippen molar-refractivity contribution in [1.82, 2.24) is 5.32 Å². The first-order valence-corrected chi connectivity index (χ1v) is 7.39. The van der Waals surface area contributed by atoms with Gasteiger partial charge >= 0.3 is 0 Å². The number of nitro groups is 1. The Morgan fingerprint density at radius 2 is 1.96 bits per heavy atom. The second-order valence-electron chi connectivity index (χ2n) is 5.30. The fourth-order valence-electron chi connectivity index (χ4n) is 2.19. The fourth-order valence-corrected chi connectivity index (χ4v) is 2.19. The van der Waals surface area contributed by atoms with Crippen molar-refractivity contribution in [2.75, 3.05) is 6.54 Å². The summed E-state index contributed by atoms with van der Waals surface area (Å²) in [6.07, 6.45) is -0.378. The number of hydrogen-bond donors (Lipinski definition) is 2. The highest BCUT2D eigenvalue weighted by Gasteiger charge is 2.12. The predicted octanol–water partition coefficient (Wildman–Crippen LogP) is 2.52. The number of nitro benzene ring substituents is 1. The Morgan fingerprint density at radius 3 is 2.58 bits per heavy atom. The highest BCUT2D eigenvalue weighted by Crippen LogP contribution is 2.17. The number of benzene rings is 2. The Bertz CT molecular complexity index is 719. The molecule has 0 spiro atoms. The van der Waals surface area contributed by atoms with Crippen LogP contribution in [0.1, 0.15) is 23.7 Å². The minimum Gasteiger partial charge on any atom is -0.387 e. The van der Waals surface area contributed by atoms with Crippen LogP contribution in [0.2, 0.25) is 0 Å². The third-order valence-electron chi connectivity index (χ3n) is 3.51. The van der Waals surface area contributed by atoms with Gasteiger partial charge in [-0.05, 0) is 41.8 Å². The standard InChI is InChI=1S/C17H17FN2O4/c18-14-3-1-2-12(10-14)4-9-17(22)19-11-16(21)13-5-7-15(8-6-13)20(23)24/h1-3,5-8,10,16,21H,4,9,11H2,(H,19,22). The van der Waals surface area contributed by atoms with Gasteiger partial charge in [-0.2, -0.15) is 0 Å². The first-order valence-electron chi connectivity index (χ1n) is 7.39. The lowest BCUT2D eigenvalue weighted by atomic mass is 10.1. The first-order chi connectivity index (χ1) is 11.5. The smallest absolute Gasteiger partial charge is 0.269 e. The molecule has 0 fully saturated rings. The Balaban J connectivity index is 1.79. The average molecular weight is 332 g/mol. The topological polar surface area (TPSA) is 92.5 Å². The minimum atomic E-state index is -0.955. The zero-order valence-electron chi connectivity index (χ0n) is 12.8. The van der Waals surface area contributed by atoms with Crippen LogP contribution in [-0.2, 0) is 11.2 Å². The molecule has 0 saturated heterocycles. The van der Waals surface area contributed by atoms with E-state index in [1.807, 2.05) is 0 Å². The summed E-state index contributed by atoms with van der Waals surface area (Å²) in [6, 6.07) is 11.5. The van der Waals surface area contributed by atoms with Crippen molar-refractivity contribution in [2.45, 2.75) is 18.9 Å². The van der Waals surface area contributed by atoms with Crippen LogP contribution in [0, 0.1) is 15.9 Å². The quantitative estimate of drug-likeness (QED) is 0.602. The van der Waals surface area contributed by atoms with Crippen LogP contribution in [-0.4, -0.2) is 22.5 Å². The van der Waals surface area contributed by atoms with E-state index < -0.39 is 11.0 Å². The van der Waals surface area contributed by atoms with Crippen molar-refractivity contribution < 1.29 is 19.2 Å². The van der Waals surface area contributed by atoms with Crippen LogP contribution in [0.15, 0.2) is 48.5 Å². The van der Waals surface area contributed by atoms with Crippen molar-refractivity contribution in [3.8, 4) is 0 Å². The lowest BCUT2D eigenvalue weighted by Gasteiger charge is -2.12. The summed E-state index contributed by atoms with van der Waals surface area (Å²) < 4.78 is 13.0. The van der Waals surface area contributed by atoms with Crippen molar-refractivity contribution in [2.24, 2.45) is 0 Å². The van der Waals surface area contributed by atoms with E-state index in [0.717, 1.165) is 5.56 Å². The Labute approximate surface area is 138 Å². The van der Waals surface area contributed by atoms with E-state index in [9.17, 15) is 24.4 Å². The Kier molecular flexibility index (Phi) is 5.97. The summed E-state index contributed by atoms with van der Waals surface area (Å²) in [4.78, 5) is 21.8. The summed E-state index contributed by atoms with van der Waals surface area (Å²) in [5.41, 5.74) is 1.14. The summed E-state index contributed by atoms with van der Waals surface area (Å²) in [6.45, 7) is -0.000203. The number of amides is 1. The molecule has 0 radical (unpaired) electrons. The van der Waals surface area contributed by atoms with Crippen molar-refractivity contribution >= 4 is 11.6 Å². The maximum atomic E-state index is 13.0. The molecule has 0 aliphatic heterocycles. The number of nitrogens with one attached hydrogen (secondary N) is 1. The molecule has 0 bridgehead atoms. The van der Waals surface area contributed by atoms with Gasteiger partial charge in [-0.25, -0.2) is 4.39 Å². The van der Waals surface area contributed by atoms with E-state index in [1.54, 1.807) is 12.1 Å². The van der Waals surface area contributed by atoms with E-state index in [1.165, 1.54) is 36.4 Å². The average Bonchev–Trinajstić information content (AvgIpc) is 2.58. The monoisotopic (exact) mass is 332 g/mol. The SMILES string of the molecule is O=C(CCc1cccc(F)c1)NCC(O)c1ccc([N+](=O)[O-])cc1. The zero-order chi connectivity index (χ0) is 17.5. The Hall–Kier alpha value is -2.80. The van der Waals surface area contributed by atoms with Crippen LogP contribution in [0.4, 0.5) is 10.1 Å². The summed E-state index contributed by atoms with van der Waals surface area (Å²) >= 11 is 0. The number of carbonyl (C=O) groups is 1. The van der Waals surface area contributed by atoms with E-state index in [2.05, 4.69) is 5.32 Å². The number of aliphatic hydroxyl groups excluding tert-OH is 1. The molecular weight excluding hydrogens is 315 g/mol. The fraction of sp³-hybridized carbons (Fsp3) is 0.235.